The summed E-state index contributed by atoms with van der Waals surface area (Å²) in [5, 5.41) is 15.6. The van der Waals surface area contributed by atoms with E-state index in [0.29, 0.717) is 22.7 Å². The van der Waals surface area contributed by atoms with Crippen LogP contribution in [-0.2, 0) is 0 Å². The molecular formula is C20H15N5O4. The zero-order chi connectivity index (χ0) is 20.2. The number of nitrogens with zero attached hydrogens (tertiary/aromatic N) is 4. The van der Waals surface area contributed by atoms with Crippen molar-refractivity contribution in [2.75, 3.05) is 12.4 Å². The van der Waals surface area contributed by atoms with Crippen molar-refractivity contribution in [2.45, 2.75) is 0 Å². The number of benzene rings is 2. The minimum Gasteiger partial charge on any atom is -0.495 e. The van der Waals surface area contributed by atoms with Crippen molar-refractivity contribution < 1.29 is 14.4 Å². The van der Waals surface area contributed by atoms with Crippen LogP contribution in [0.1, 0.15) is 0 Å². The second-order valence-electron chi connectivity index (χ2n) is 5.89. The molecule has 0 spiro atoms. The maximum absolute atomic E-state index is 11.8. The highest BCUT2D eigenvalue weighted by Crippen LogP contribution is 2.38. The van der Waals surface area contributed by atoms with Crippen LogP contribution < -0.4 is 14.8 Å². The van der Waals surface area contributed by atoms with Gasteiger partial charge in [0.2, 0.25) is 5.82 Å². The van der Waals surface area contributed by atoms with Crippen molar-refractivity contribution >= 4 is 28.1 Å². The lowest BCUT2D eigenvalue weighted by Gasteiger charge is -2.12. The van der Waals surface area contributed by atoms with Crippen molar-refractivity contribution in [2.24, 2.45) is 0 Å². The van der Waals surface area contributed by atoms with E-state index in [1.807, 2.05) is 12.1 Å². The number of rotatable bonds is 6. The Hall–Kier alpha value is -4.27. The Balaban J connectivity index is 1.77. The van der Waals surface area contributed by atoms with Gasteiger partial charge in [0.05, 0.1) is 17.7 Å². The Morgan fingerprint density at radius 1 is 0.966 bits per heavy atom. The van der Waals surface area contributed by atoms with Gasteiger partial charge in [-0.1, -0.05) is 30.3 Å². The molecule has 9 nitrogen and oxygen atoms in total. The summed E-state index contributed by atoms with van der Waals surface area (Å²) in [4.78, 5) is 23.5. The third kappa shape index (κ3) is 3.61. The number of anilines is 2. The predicted molar refractivity (Wildman–Crippen MR) is 107 cm³/mol. The summed E-state index contributed by atoms with van der Waals surface area (Å²) in [5.41, 5.74) is 0.697. The summed E-state index contributed by atoms with van der Waals surface area (Å²) < 4.78 is 11.1. The highest BCUT2D eigenvalue weighted by Gasteiger charge is 2.26. The summed E-state index contributed by atoms with van der Waals surface area (Å²) in [5.74, 6) is 0.660. The molecule has 1 N–H and O–H groups in total. The van der Waals surface area contributed by atoms with E-state index in [0.717, 1.165) is 5.39 Å². The van der Waals surface area contributed by atoms with Crippen LogP contribution in [0.4, 0.5) is 17.2 Å². The van der Waals surface area contributed by atoms with Crippen LogP contribution in [0.5, 0.6) is 17.4 Å². The number of methoxy groups -OCH3 is 1. The molecule has 0 aliphatic rings. The molecule has 0 fully saturated rings. The van der Waals surface area contributed by atoms with E-state index in [1.165, 1.54) is 13.4 Å². The zero-order valence-corrected chi connectivity index (χ0v) is 15.3. The molecule has 2 aromatic heterocycles. The van der Waals surface area contributed by atoms with Crippen LogP contribution in [0.3, 0.4) is 0 Å². The lowest BCUT2D eigenvalue weighted by molar-refractivity contribution is -0.385. The fourth-order valence-electron chi connectivity index (χ4n) is 2.83. The summed E-state index contributed by atoms with van der Waals surface area (Å²) in [7, 11) is 1.51. The number of fused-ring (bicyclic) bond motifs is 1. The van der Waals surface area contributed by atoms with Gasteiger partial charge < -0.3 is 14.8 Å². The molecule has 4 aromatic rings. The van der Waals surface area contributed by atoms with Gasteiger partial charge in [0.25, 0.3) is 0 Å². The third-order valence-electron chi connectivity index (χ3n) is 4.13. The second-order valence-corrected chi connectivity index (χ2v) is 5.89. The van der Waals surface area contributed by atoms with Crippen LogP contribution in [0.15, 0.2) is 67.1 Å². The lowest BCUT2D eigenvalue weighted by atomic mass is 10.2. The van der Waals surface area contributed by atoms with Gasteiger partial charge in [-0.25, -0.2) is 4.98 Å². The van der Waals surface area contributed by atoms with Gasteiger partial charge >= 0.3 is 11.6 Å². The van der Waals surface area contributed by atoms with E-state index in [1.54, 1.807) is 48.7 Å². The lowest BCUT2D eigenvalue weighted by Crippen LogP contribution is -2.04. The van der Waals surface area contributed by atoms with Gasteiger partial charge in [0.15, 0.2) is 5.75 Å². The van der Waals surface area contributed by atoms with Crippen LogP contribution in [-0.4, -0.2) is 27.0 Å². The number of para-hydroxylation sites is 3. The van der Waals surface area contributed by atoms with E-state index in [-0.39, 0.29) is 11.7 Å². The molecule has 0 radical (unpaired) electrons. The number of nitrogens with one attached hydrogen (secondary N) is 1. The summed E-state index contributed by atoms with van der Waals surface area (Å²) in [6.45, 7) is 0. The van der Waals surface area contributed by atoms with Gasteiger partial charge in [-0.2, -0.15) is 4.98 Å². The van der Waals surface area contributed by atoms with Crippen molar-refractivity contribution in [3.8, 4) is 17.4 Å². The van der Waals surface area contributed by atoms with Crippen LogP contribution in [0.2, 0.25) is 0 Å². The average molecular weight is 389 g/mol. The molecule has 2 heterocycles. The Morgan fingerprint density at radius 2 is 1.76 bits per heavy atom. The van der Waals surface area contributed by atoms with Crippen molar-refractivity contribution in [3.05, 3.63) is 77.2 Å². The molecule has 2 aromatic carbocycles. The number of hydrogen-bond donors (Lipinski definition) is 1. The molecule has 0 saturated heterocycles. The van der Waals surface area contributed by atoms with Crippen molar-refractivity contribution in [3.63, 3.8) is 0 Å². The number of hydrogen-bond acceptors (Lipinski definition) is 8. The monoisotopic (exact) mass is 389 g/mol. The predicted octanol–water partition coefficient (Wildman–Crippen LogP) is 4.48. The van der Waals surface area contributed by atoms with E-state index in [9.17, 15) is 10.1 Å². The van der Waals surface area contributed by atoms with E-state index >= 15 is 0 Å². The fraction of sp³-hybridized carbons (Fsp3) is 0.0500. The van der Waals surface area contributed by atoms with Gasteiger partial charge in [0.1, 0.15) is 17.6 Å². The first-order valence-electron chi connectivity index (χ1n) is 8.58. The Labute approximate surface area is 165 Å². The van der Waals surface area contributed by atoms with Crippen molar-refractivity contribution in [1.82, 2.24) is 15.0 Å². The van der Waals surface area contributed by atoms with Gasteiger partial charge in [-0.3, -0.25) is 15.1 Å². The molecule has 0 amide bonds. The molecule has 4 rings (SSSR count). The zero-order valence-electron chi connectivity index (χ0n) is 15.3. The largest absolute Gasteiger partial charge is 0.495 e. The normalized spacial score (nSPS) is 10.5. The maximum atomic E-state index is 11.8. The minimum atomic E-state index is -0.592. The van der Waals surface area contributed by atoms with E-state index in [4.69, 9.17) is 9.47 Å². The highest BCUT2D eigenvalue weighted by molar-refractivity contribution is 5.84. The Kier molecular flexibility index (Phi) is 4.85. The fourth-order valence-corrected chi connectivity index (χ4v) is 2.83. The average Bonchev–Trinajstić information content (AvgIpc) is 2.74. The standard InChI is InChI=1S/C20H15N5O4/c1-28-15-9-3-2-8-14(15)24-19-18(25(26)27)20(23-12-22-19)29-16-10-4-6-13-7-5-11-21-17(13)16/h2-12H,1H3,(H,22,23,24). The van der Waals surface area contributed by atoms with Gasteiger partial charge in [-0.15, -0.1) is 0 Å². The van der Waals surface area contributed by atoms with E-state index in [2.05, 4.69) is 20.3 Å². The van der Waals surface area contributed by atoms with Crippen LogP contribution in [0.25, 0.3) is 10.9 Å². The number of pyridine rings is 1. The number of aromatic nitrogens is 3. The van der Waals surface area contributed by atoms with Crippen molar-refractivity contribution in [1.29, 1.82) is 0 Å². The molecule has 0 aliphatic heterocycles. The molecule has 0 saturated carbocycles. The molecule has 0 unspecified atom stereocenters. The molecule has 144 valence electrons. The van der Waals surface area contributed by atoms with Crippen LogP contribution >= 0.6 is 0 Å². The first-order valence-corrected chi connectivity index (χ1v) is 8.58. The molecule has 29 heavy (non-hydrogen) atoms. The molecule has 9 heteroatoms. The van der Waals surface area contributed by atoms with Gasteiger partial charge in [-0.05, 0) is 24.3 Å². The highest BCUT2D eigenvalue weighted by atomic mass is 16.6. The summed E-state index contributed by atoms with van der Waals surface area (Å²) >= 11 is 0. The van der Waals surface area contributed by atoms with Crippen LogP contribution in [0, 0.1) is 10.1 Å². The summed E-state index contributed by atoms with van der Waals surface area (Å²) in [6, 6.07) is 16.0. The first-order chi connectivity index (χ1) is 14.2. The number of ether oxygens (including phenoxy) is 2. The first kappa shape index (κ1) is 18.1. The Bertz CT molecular complexity index is 1190. The summed E-state index contributed by atoms with van der Waals surface area (Å²) in [6.07, 6.45) is 2.82. The minimum absolute atomic E-state index is 0.0160. The topological polar surface area (TPSA) is 112 Å². The molecule has 0 atom stereocenters. The molecular weight excluding hydrogens is 374 g/mol. The third-order valence-corrected chi connectivity index (χ3v) is 4.13. The quantitative estimate of drug-likeness (QED) is 0.379. The smallest absolute Gasteiger partial charge is 0.373 e. The van der Waals surface area contributed by atoms with Gasteiger partial charge in [0, 0.05) is 11.6 Å². The maximum Gasteiger partial charge on any atom is 0.373 e. The molecule has 0 aliphatic carbocycles. The number of nitro groups is 1. The second kappa shape index (κ2) is 7.77. The SMILES string of the molecule is COc1ccccc1Nc1ncnc(Oc2cccc3cccnc23)c1[N+](=O)[O-]. The Morgan fingerprint density at radius 3 is 2.59 bits per heavy atom. The van der Waals surface area contributed by atoms with E-state index < -0.39 is 10.6 Å². The molecule has 0 bridgehead atoms.